The molecule has 2 rings (SSSR count). The van der Waals surface area contributed by atoms with Crippen molar-refractivity contribution in [2.75, 3.05) is 13.2 Å². The summed E-state index contributed by atoms with van der Waals surface area (Å²) in [6.45, 7) is 6.59. The highest BCUT2D eigenvalue weighted by molar-refractivity contribution is 7.89. The van der Waals surface area contributed by atoms with Gasteiger partial charge in [-0.2, -0.15) is 0 Å². The third-order valence-electron chi connectivity index (χ3n) is 5.50. The molecular weight excluding hydrogens is 532 g/mol. The van der Waals surface area contributed by atoms with Crippen molar-refractivity contribution in [2.24, 2.45) is 11.8 Å². The Morgan fingerprint density at radius 2 is 0.974 bits per heavy atom. The van der Waals surface area contributed by atoms with Gasteiger partial charge in [0.05, 0.1) is 21.9 Å². The highest BCUT2D eigenvalue weighted by atomic mass is 32.2. The van der Waals surface area contributed by atoms with Gasteiger partial charge in [0.25, 0.3) is 0 Å². The molecule has 0 spiro atoms. The number of carbonyl (C=O) groups is 2. The smallest absolute Gasteiger partial charge is 0.331 e. The van der Waals surface area contributed by atoms with Crippen LogP contribution in [0.2, 0.25) is 0 Å². The number of rotatable bonds is 14. The molecule has 0 amide bonds. The first-order valence-corrected chi connectivity index (χ1v) is 14.9. The topological polar surface area (TPSA) is 145 Å². The van der Waals surface area contributed by atoms with Crippen molar-refractivity contribution in [3.05, 3.63) is 72.8 Å². The van der Waals surface area contributed by atoms with Crippen molar-refractivity contribution in [3.63, 3.8) is 0 Å². The summed E-state index contributed by atoms with van der Waals surface area (Å²) in [6, 6.07) is 14.2. The first kappa shape index (κ1) is 31.2. The predicted octanol–water partition coefficient (Wildman–Crippen LogP) is 2.64. The third-order valence-corrected chi connectivity index (χ3v) is 8.51. The number of hydrogen-bond acceptors (Lipinski definition) is 8. The zero-order valence-corrected chi connectivity index (χ0v) is 23.4. The van der Waals surface area contributed by atoms with Crippen molar-refractivity contribution in [1.82, 2.24) is 9.44 Å². The molecule has 2 aromatic rings. The summed E-state index contributed by atoms with van der Waals surface area (Å²) in [7, 11) is -7.63. The van der Waals surface area contributed by atoms with Gasteiger partial charge in [-0.1, -0.05) is 64.1 Å². The lowest BCUT2D eigenvalue weighted by Crippen LogP contribution is -2.42. The Morgan fingerprint density at radius 1 is 0.658 bits per heavy atom. The summed E-state index contributed by atoms with van der Waals surface area (Å²) < 4.78 is 65.6. The molecule has 0 aliphatic heterocycles. The molecule has 0 aliphatic rings. The van der Waals surface area contributed by atoms with Crippen molar-refractivity contribution >= 4 is 32.0 Å². The molecule has 12 heteroatoms. The van der Waals surface area contributed by atoms with Gasteiger partial charge in [-0.15, -0.1) is 0 Å². The Labute approximate surface area is 224 Å². The quantitative estimate of drug-likeness (QED) is 0.262. The Kier molecular flexibility index (Phi) is 11.6. The fourth-order valence-corrected chi connectivity index (χ4v) is 5.82. The maximum Gasteiger partial charge on any atom is 0.331 e. The normalized spacial score (nSPS) is 13.9. The van der Waals surface area contributed by atoms with E-state index in [9.17, 15) is 26.4 Å². The van der Waals surface area contributed by atoms with Gasteiger partial charge in [0.15, 0.2) is 0 Å². The van der Waals surface area contributed by atoms with Crippen molar-refractivity contribution in [1.29, 1.82) is 0 Å². The maximum atomic E-state index is 12.6. The van der Waals surface area contributed by atoms with E-state index >= 15 is 0 Å². The van der Waals surface area contributed by atoms with Crippen molar-refractivity contribution < 1.29 is 35.9 Å². The van der Waals surface area contributed by atoms with E-state index in [4.69, 9.17) is 9.47 Å². The lowest BCUT2D eigenvalue weighted by molar-refractivity contribution is -0.141. The monoisotopic (exact) mass is 566 g/mol. The van der Waals surface area contributed by atoms with E-state index in [1.807, 2.05) is 0 Å². The Morgan fingerprint density at radius 3 is 1.26 bits per heavy atom. The molecule has 0 saturated carbocycles. The van der Waals surface area contributed by atoms with Crippen molar-refractivity contribution in [2.45, 2.75) is 49.6 Å². The second-order valence-corrected chi connectivity index (χ2v) is 12.6. The van der Waals surface area contributed by atoms with Crippen LogP contribution in [0, 0.1) is 11.8 Å². The van der Waals surface area contributed by atoms with Crippen LogP contribution in [0.4, 0.5) is 0 Å². The second kappa shape index (κ2) is 14.2. The summed E-state index contributed by atoms with van der Waals surface area (Å²) in [5, 5.41) is 0. The first-order valence-electron chi connectivity index (χ1n) is 12.0. The average molecular weight is 567 g/mol. The molecule has 38 heavy (non-hydrogen) atoms. The Bertz CT molecular complexity index is 1190. The van der Waals surface area contributed by atoms with Crippen LogP contribution < -0.4 is 9.44 Å². The standard InChI is InChI=1S/C26H34N2O8S2/c1-19(2)23(27-37(31,32)21-11-7-5-8-12-21)17-35-25(29)15-16-26(30)36-18-24(20(3)4)28-38(33,34)22-13-9-6-10-14-22/h5-16,19-20,23-24,27-28H,17-18H2,1-4H3/b16-15+/t23-,24-/m1/s1. The predicted molar refractivity (Wildman–Crippen MR) is 142 cm³/mol. The average Bonchev–Trinajstić information content (AvgIpc) is 2.88. The minimum atomic E-state index is -3.81. The van der Waals surface area contributed by atoms with Crippen LogP contribution in [0.5, 0.6) is 0 Å². The van der Waals surface area contributed by atoms with Crippen LogP contribution in [0.1, 0.15) is 27.7 Å². The molecule has 0 bridgehead atoms. The lowest BCUT2D eigenvalue weighted by atomic mass is 10.1. The molecule has 0 saturated heterocycles. The number of carbonyl (C=O) groups excluding carboxylic acids is 2. The molecule has 208 valence electrons. The van der Waals surface area contributed by atoms with E-state index in [1.54, 1.807) is 64.1 Å². The molecule has 0 heterocycles. The molecular formula is C26H34N2O8S2. The summed E-state index contributed by atoms with van der Waals surface area (Å²) >= 11 is 0. The van der Waals surface area contributed by atoms with E-state index in [0.717, 1.165) is 12.2 Å². The number of nitrogens with one attached hydrogen (secondary N) is 2. The molecule has 0 aromatic heterocycles. The SMILES string of the molecule is CC(C)[C@@H](COC(=O)/C=C/C(=O)OC[C@@H](NS(=O)(=O)c1ccccc1)C(C)C)NS(=O)(=O)c1ccccc1. The molecule has 2 N–H and O–H groups in total. The highest BCUT2D eigenvalue weighted by Crippen LogP contribution is 2.13. The van der Waals surface area contributed by atoms with Gasteiger partial charge < -0.3 is 9.47 Å². The van der Waals surface area contributed by atoms with Crippen LogP contribution in [0.25, 0.3) is 0 Å². The summed E-state index contributed by atoms with van der Waals surface area (Å²) in [4.78, 5) is 24.4. The Balaban J connectivity index is 1.89. The summed E-state index contributed by atoms with van der Waals surface area (Å²) in [6.07, 6.45) is 1.73. The maximum absolute atomic E-state index is 12.6. The highest BCUT2D eigenvalue weighted by Gasteiger charge is 2.25. The zero-order valence-electron chi connectivity index (χ0n) is 21.7. The van der Waals surface area contributed by atoms with Gasteiger partial charge >= 0.3 is 11.9 Å². The minimum Gasteiger partial charge on any atom is -0.461 e. The zero-order chi connectivity index (χ0) is 28.3. The molecule has 0 radical (unpaired) electrons. The summed E-state index contributed by atoms with van der Waals surface area (Å²) in [5.41, 5.74) is 0. The lowest BCUT2D eigenvalue weighted by Gasteiger charge is -2.22. The van der Waals surface area contributed by atoms with E-state index < -0.39 is 44.1 Å². The number of benzene rings is 2. The Hall–Kier alpha value is -3.06. The summed E-state index contributed by atoms with van der Waals surface area (Å²) in [5.74, 6) is -2.11. The first-order chi connectivity index (χ1) is 17.8. The van der Waals surface area contributed by atoms with Gasteiger partial charge in [0.2, 0.25) is 20.0 Å². The van der Waals surface area contributed by atoms with Gasteiger partial charge in [-0.25, -0.2) is 35.9 Å². The van der Waals surface area contributed by atoms with Gasteiger partial charge in [0.1, 0.15) is 13.2 Å². The van der Waals surface area contributed by atoms with Gasteiger partial charge in [-0.05, 0) is 36.1 Å². The molecule has 2 atom stereocenters. The number of hydrogen-bond donors (Lipinski definition) is 2. The minimum absolute atomic E-state index is 0.0883. The van der Waals surface area contributed by atoms with Gasteiger partial charge in [0, 0.05) is 12.2 Å². The molecule has 0 unspecified atom stereocenters. The van der Waals surface area contributed by atoms with Gasteiger partial charge in [-0.3, -0.25) is 0 Å². The van der Waals surface area contributed by atoms with Crippen LogP contribution in [0.3, 0.4) is 0 Å². The largest absolute Gasteiger partial charge is 0.461 e. The van der Waals surface area contributed by atoms with E-state index in [0.29, 0.717) is 0 Å². The molecule has 10 nitrogen and oxygen atoms in total. The number of esters is 2. The van der Waals surface area contributed by atoms with Crippen molar-refractivity contribution in [3.8, 4) is 0 Å². The molecule has 2 aromatic carbocycles. The second-order valence-electron chi connectivity index (χ2n) is 9.16. The third kappa shape index (κ3) is 10.0. The molecule has 0 aliphatic carbocycles. The fourth-order valence-electron chi connectivity index (χ4n) is 3.04. The van der Waals surface area contributed by atoms with Crippen LogP contribution in [0.15, 0.2) is 82.6 Å². The van der Waals surface area contributed by atoms with E-state index in [-0.39, 0.29) is 34.8 Å². The van der Waals surface area contributed by atoms with E-state index in [1.165, 1.54) is 24.3 Å². The number of ether oxygens (including phenoxy) is 2. The van der Waals surface area contributed by atoms with E-state index in [2.05, 4.69) is 9.44 Å². The fraction of sp³-hybridized carbons (Fsp3) is 0.385. The molecule has 0 fully saturated rings. The number of sulfonamides is 2. The van der Waals surface area contributed by atoms with Crippen LogP contribution in [-0.4, -0.2) is 54.1 Å². The van der Waals surface area contributed by atoms with Crippen LogP contribution in [-0.2, 0) is 39.1 Å². The van der Waals surface area contributed by atoms with Crippen LogP contribution >= 0.6 is 0 Å².